The molecule has 0 aliphatic heterocycles. The number of anilines is 1. The van der Waals surface area contributed by atoms with Gasteiger partial charge in [0.1, 0.15) is 6.54 Å². The van der Waals surface area contributed by atoms with Gasteiger partial charge in [-0.05, 0) is 0 Å². The molecule has 5 N–H and O–H groups in total. The van der Waals surface area contributed by atoms with Crippen LogP contribution in [-0.2, 0) is 5.75 Å². The highest BCUT2D eigenvalue weighted by molar-refractivity contribution is 7.98. The zero-order valence-corrected chi connectivity index (χ0v) is 14.9. The van der Waals surface area contributed by atoms with Crippen molar-refractivity contribution in [3.05, 3.63) is 11.1 Å². The van der Waals surface area contributed by atoms with Gasteiger partial charge in [0.05, 0.1) is 5.69 Å². The van der Waals surface area contributed by atoms with Crippen molar-refractivity contribution in [3.63, 3.8) is 0 Å². The van der Waals surface area contributed by atoms with E-state index < -0.39 is 12.7 Å². The van der Waals surface area contributed by atoms with E-state index in [1.165, 1.54) is 11.3 Å². The molecule has 1 heterocycles. The Morgan fingerprint density at radius 1 is 1.52 bits per heavy atom. The fourth-order valence-electron chi connectivity index (χ4n) is 1.38. The molecule has 25 heavy (non-hydrogen) atoms. The number of thioether (sulfide) groups is 1. The first-order chi connectivity index (χ1) is 11.7. The number of rotatable bonds is 7. The average molecular weight is 394 g/mol. The van der Waals surface area contributed by atoms with E-state index in [0.717, 1.165) is 11.4 Å². The van der Waals surface area contributed by atoms with Gasteiger partial charge in [-0.15, -0.1) is 16.3 Å². The molecular weight excluding hydrogens is 377 g/mol. The van der Waals surface area contributed by atoms with Gasteiger partial charge in [0, 0.05) is 30.5 Å². The van der Waals surface area contributed by atoms with Crippen molar-refractivity contribution < 1.29 is 13.2 Å². The summed E-state index contributed by atoms with van der Waals surface area (Å²) in [5.74, 6) is 1.16. The Labute approximate surface area is 150 Å². The molecule has 0 aliphatic carbocycles. The van der Waals surface area contributed by atoms with Crippen LogP contribution in [0.15, 0.2) is 15.4 Å². The average Bonchev–Trinajstić information content (AvgIpc) is 2.96. The Balaban J connectivity index is 2.36. The van der Waals surface area contributed by atoms with Crippen LogP contribution in [0.1, 0.15) is 5.69 Å². The van der Waals surface area contributed by atoms with Crippen molar-refractivity contribution in [3.8, 4) is 6.19 Å². The van der Waals surface area contributed by atoms with Crippen LogP contribution in [0.4, 0.5) is 18.3 Å². The van der Waals surface area contributed by atoms with Crippen LogP contribution in [0.3, 0.4) is 0 Å². The van der Waals surface area contributed by atoms with Crippen LogP contribution in [0.5, 0.6) is 0 Å². The summed E-state index contributed by atoms with van der Waals surface area (Å²) >= 11 is 2.81. The van der Waals surface area contributed by atoms with E-state index in [0.29, 0.717) is 17.4 Å². The molecule has 0 saturated carbocycles. The number of aliphatic imine (C=N–C) groups is 2. The van der Waals surface area contributed by atoms with Crippen LogP contribution in [0, 0.1) is 11.5 Å². The Morgan fingerprint density at radius 3 is 2.88 bits per heavy atom. The molecule has 138 valence electrons. The van der Waals surface area contributed by atoms with Gasteiger partial charge in [-0.3, -0.25) is 0 Å². The van der Waals surface area contributed by atoms with E-state index in [4.69, 9.17) is 16.7 Å². The summed E-state index contributed by atoms with van der Waals surface area (Å²) in [5.41, 5.74) is 11.7. The normalized spacial score (nSPS) is 12.8. The standard InChI is InChI=1S/C12H17F3N8S2/c1-23(10(18)20-7-16)2-3-24-4-8-5-25-11(21-8)22-9(17)19-6-12(13,14)15/h5H,2-4,6H2,1H3,(H2,18,20)(H3,17,19,21,22). The van der Waals surface area contributed by atoms with E-state index in [1.807, 2.05) is 0 Å². The van der Waals surface area contributed by atoms with Crippen LogP contribution in [0.2, 0.25) is 0 Å². The molecule has 8 nitrogen and oxygen atoms in total. The largest absolute Gasteiger partial charge is 0.408 e. The topological polar surface area (TPSA) is 129 Å². The highest BCUT2D eigenvalue weighted by Crippen LogP contribution is 2.20. The maximum atomic E-state index is 12.0. The second-order valence-corrected chi connectivity index (χ2v) is 6.59. The first kappa shape index (κ1) is 20.8. The van der Waals surface area contributed by atoms with Gasteiger partial charge >= 0.3 is 6.18 Å². The quantitative estimate of drug-likeness (QED) is 0.276. The number of guanidine groups is 2. The lowest BCUT2D eigenvalue weighted by atomic mass is 10.6. The third kappa shape index (κ3) is 9.01. The summed E-state index contributed by atoms with van der Waals surface area (Å²) in [5, 5.41) is 13.1. The molecule has 0 aliphatic rings. The summed E-state index contributed by atoms with van der Waals surface area (Å²) in [4.78, 5) is 12.5. The lowest BCUT2D eigenvalue weighted by Crippen LogP contribution is -2.35. The van der Waals surface area contributed by atoms with Gasteiger partial charge in [-0.1, -0.05) is 0 Å². The molecular formula is C12H17F3N8S2. The van der Waals surface area contributed by atoms with Crippen LogP contribution in [0.25, 0.3) is 0 Å². The number of thiazole rings is 1. The van der Waals surface area contributed by atoms with Crippen molar-refractivity contribution >= 4 is 40.1 Å². The first-order valence-corrected chi connectivity index (χ1v) is 8.84. The molecule has 0 spiro atoms. The van der Waals surface area contributed by atoms with Crippen molar-refractivity contribution in [1.82, 2.24) is 9.88 Å². The van der Waals surface area contributed by atoms with E-state index in [-0.39, 0.29) is 11.9 Å². The zero-order chi connectivity index (χ0) is 18.9. The molecule has 0 radical (unpaired) electrons. The number of hydrogen-bond donors (Lipinski definition) is 3. The number of alkyl halides is 3. The lowest BCUT2D eigenvalue weighted by molar-refractivity contribution is -0.118. The number of aromatic nitrogens is 1. The molecule has 1 aromatic heterocycles. The minimum Gasteiger partial charge on any atom is -0.370 e. The molecule has 0 fully saturated rings. The highest BCUT2D eigenvalue weighted by Gasteiger charge is 2.26. The fourth-order valence-corrected chi connectivity index (χ4v) is 3.11. The molecule has 1 rings (SSSR count). The van der Waals surface area contributed by atoms with Crippen molar-refractivity contribution in [1.29, 1.82) is 5.26 Å². The second-order valence-electron chi connectivity index (χ2n) is 4.63. The van der Waals surface area contributed by atoms with Gasteiger partial charge in [-0.2, -0.15) is 30.2 Å². The highest BCUT2D eigenvalue weighted by atomic mass is 32.2. The SMILES string of the molecule is CN(CCSCc1csc(NC(N)=NCC(F)(F)F)n1)C(N)=NC#N. The monoisotopic (exact) mass is 394 g/mol. The lowest BCUT2D eigenvalue weighted by Gasteiger charge is -2.15. The molecule has 0 atom stereocenters. The molecule has 0 bridgehead atoms. The molecule has 0 saturated heterocycles. The first-order valence-electron chi connectivity index (χ1n) is 6.80. The van der Waals surface area contributed by atoms with E-state index in [1.54, 1.807) is 35.3 Å². The smallest absolute Gasteiger partial charge is 0.370 e. The van der Waals surface area contributed by atoms with Gasteiger partial charge in [0.25, 0.3) is 0 Å². The van der Waals surface area contributed by atoms with Crippen molar-refractivity contribution in [2.45, 2.75) is 11.9 Å². The number of nitrogens with one attached hydrogen (secondary N) is 1. The number of halogens is 3. The van der Waals surface area contributed by atoms with E-state index >= 15 is 0 Å². The van der Waals surface area contributed by atoms with Gasteiger partial charge in [0.15, 0.2) is 11.1 Å². The zero-order valence-electron chi connectivity index (χ0n) is 13.2. The number of nitriles is 1. The minimum atomic E-state index is -4.40. The maximum Gasteiger partial charge on any atom is 0.408 e. The number of nitrogens with two attached hydrogens (primary N) is 2. The Morgan fingerprint density at radius 2 is 2.24 bits per heavy atom. The fraction of sp³-hybridized carbons (Fsp3) is 0.500. The Kier molecular flexibility index (Phi) is 8.29. The molecule has 13 heteroatoms. The molecule has 1 aromatic rings. The summed E-state index contributed by atoms with van der Waals surface area (Å²) < 4.78 is 36.1. The summed E-state index contributed by atoms with van der Waals surface area (Å²) in [7, 11) is 1.73. The predicted molar refractivity (Wildman–Crippen MR) is 94.3 cm³/mol. The molecule has 0 amide bonds. The third-order valence-electron chi connectivity index (χ3n) is 2.59. The van der Waals surface area contributed by atoms with Crippen molar-refractivity contribution in [2.24, 2.45) is 21.5 Å². The summed E-state index contributed by atoms with van der Waals surface area (Å²) in [6, 6.07) is 0. The van der Waals surface area contributed by atoms with Gasteiger partial charge < -0.3 is 21.7 Å². The maximum absolute atomic E-state index is 12.0. The number of hydrogen-bond acceptors (Lipinski definition) is 6. The number of nitrogens with zero attached hydrogens (tertiary/aromatic N) is 5. The van der Waals surface area contributed by atoms with Crippen LogP contribution < -0.4 is 16.8 Å². The molecule has 0 unspecified atom stereocenters. The second kappa shape index (κ2) is 9.94. The van der Waals surface area contributed by atoms with E-state index in [2.05, 4.69) is 20.3 Å². The van der Waals surface area contributed by atoms with Crippen molar-refractivity contribution in [2.75, 3.05) is 31.2 Å². The molecule has 0 aromatic carbocycles. The predicted octanol–water partition coefficient (Wildman–Crippen LogP) is 1.39. The van der Waals surface area contributed by atoms with Crippen LogP contribution in [-0.4, -0.2) is 53.9 Å². The minimum absolute atomic E-state index is 0.150. The van der Waals surface area contributed by atoms with Gasteiger partial charge in [-0.25, -0.2) is 9.98 Å². The third-order valence-corrected chi connectivity index (χ3v) is 4.37. The Hall–Kier alpha value is -2.20. The summed E-state index contributed by atoms with van der Waals surface area (Å²) in [6.45, 7) is -0.736. The van der Waals surface area contributed by atoms with Crippen LogP contribution >= 0.6 is 23.1 Å². The van der Waals surface area contributed by atoms with E-state index in [9.17, 15) is 13.2 Å². The Bertz CT molecular complexity index is 650. The van der Waals surface area contributed by atoms with Gasteiger partial charge in [0.2, 0.25) is 12.2 Å². The summed E-state index contributed by atoms with van der Waals surface area (Å²) in [6.07, 6.45) is -2.78.